The highest BCUT2D eigenvalue weighted by Gasteiger charge is 2.86. The average molecular weight is 324 g/mol. The predicted octanol–water partition coefficient (Wildman–Crippen LogP) is -0.0398. The van der Waals surface area contributed by atoms with E-state index in [1.54, 1.807) is 0 Å². The molecule has 116 valence electrons. The van der Waals surface area contributed by atoms with Crippen molar-refractivity contribution in [2.45, 2.75) is 30.3 Å². The molecule has 0 amide bonds. The van der Waals surface area contributed by atoms with Gasteiger partial charge in [-0.3, -0.25) is 9.35 Å². The largest absolute Gasteiger partial charge is 0.465 e. The highest BCUT2D eigenvalue weighted by atomic mass is 32.2. The van der Waals surface area contributed by atoms with Crippen LogP contribution in [0.25, 0.3) is 0 Å². The molecule has 4 rings (SSSR count). The average Bonchev–Trinajstić information content (AvgIpc) is 2.91. The van der Waals surface area contributed by atoms with E-state index in [-0.39, 0.29) is 17.8 Å². The Morgan fingerprint density at radius 2 is 2.14 bits per heavy atom. The second-order valence-electron chi connectivity index (χ2n) is 6.10. The second kappa shape index (κ2) is 3.37. The van der Waals surface area contributed by atoms with Gasteiger partial charge in [0.2, 0.25) is 0 Å². The quantitative estimate of drug-likeness (QED) is 0.573. The molecule has 3 aliphatic carbocycles. The van der Waals surface area contributed by atoms with Crippen LogP contribution in [0.1, 0.15) is 12.8 Å². The van der Waals surface area contributed by atoms with Crippen LogP contribution >= 0.6 is 0 Å². The number of carbonyl (C=O) groups is 2. The van der Waals surface area contributed by atoms with Crippen LogP contribution in [0.3, 0.4) is 0 Å². The summed E-state index contributed by atoms with van der Waals surface area (Å²) in [5, 5.41) is -5.03. The summed E-state index contributed by atoms with van der Waals surface area (Å²) >= 11 is 0. The molecule has 7 nitrogen and oxygen atoms in total. The minimum Gasteiger partial charge on any atom is -0.458 e. The Bertz CT molecular complexity index is 674. The van der Waals surface area contributed by atoms with Gasteiger partial charge in [-0.2, -0.15) is 17.2 Å². The van der Waals surface area contributed by atoms with Crippen LogP contribution in [0.4, 0.5) is 8.78 Å². The van der Waals surface area contributed by atoms with Crippen molar-refractivity contribution in [1.29, 1.82) is 0 Å². The Labute approximate surface area is 117 Å². The first-order valence-electron chi connectivity index (χ1n) is 6.37. The van der Waals surface area contributed by atoms with Crippen LogP contribution in [-0.2, 0) is 29.2 Å². The van der Waals surface area contributed by atoms with E-state index in [0.29, 0.717) is 12.8 Å². The first kappa shape index (κ1) is 13.4. The molecule has 4 fully saturated rings. The van der Waals surface area contributed by atoms with Gasteiger partial charge in [-0.15, -0.1) is 0 Å². The summed E-state index contributed by atoms with van der Waals surface area (Å²) in [6, 6.07) is 0. The fourth-order valence-electron chi connectivity index (χ4n) is 4.42. The van der Waals surface area contributed by atoms with Crippen molar-refractivity contribution in [3.63, 3.8) is 0 Å². The smallest absolute Gasteiger partial charge is 0.458 e. The summed E-state index contributed by atoms with van der Waals surface area (Å²) in [6.45, 7) is 0. The standard InChI is InChI=1S/C11H10F2O7S/c12-11(13,21(16,17)18)9(15)20-7-6-5-4(8(14)19-6)1-3-2-10(3,5)7/h3-7H,1-2H2,(H,16,17,18). The van der Waals surface area contributed by atoms with Gasteiger partial charge in [0.25, 0.3) is 0 Å². The first-order valence-corrected chi connectivity index (χ1v) is 7.81. The van der Waals surface area contributed by atoms with Crippen LogP contribution in [0.2, 0.25) is 0 Å². The molecule has 0 aromatic heterocycles. The Kier molecular flexibility index (Phi) is 2.15. The van der Waals surface area contributed by atoms with Gasteiger partial charge in [0.15, 0.2) is 0 Å². The molecule has 0 aromatic carbocycles. The van der Waals surface area contributed by atoms with Crippen LogP contribution in [-0.4, -0.2) is 42.4 Å². The van der Waals surface area contributed by atoms with Crippen LogP contribution in [0, 0.1) is 23.2 Å². The molecule has 10 heteroatoms. The molecule has 3 saturated carbocycles. The summed E-state index contributed by atoms with van der Waals surface area (Å²) in [5.41, 5.74) is -0.521. The Morgan fingerprint density at radius 1 is 1.48 bits per heavy atom. The molecule has 1 heterocycles. The van der Waals surface area contributed by atoms with Crippen molar-refractivity contribution >= 4 is 22.1 Å². The molecular weight excluding hydrogens is 314 g/mol. The maximum absolute atomic E-state index is 13.2. The topological polar surface area (TPSA) is 107 Å². The van der Waals surface area contributed by atoms with Crippen molar-refractivity contribution in [2.24, 2.45) is 23.2 Å². The lowest BCUT2D eigenvalue weighted by Gasteiger charge is -2.46. The molecule has 4 aliphatic rings. The number of hydrogen-bond donors (Lipinski definition) is 1. The van der Waals surface area contributed by atoms with Crippen molar-refractivity contribution in [2.75, 3.05) is 0 Å². The van der Waals surface area contributed by atoms with Gasteiger partial charge in [0.05, 0.1) is 5.92 Å². The normalized spacial score (nSPS) is 46.2. The fourth-order valence-corrected chi connectivity index (χ4v) is 4.68. The van der Waals surface area contributed by atoms with E-state index in [1.165, 1.54) is 0 Å². The van der Waals surface area contributed by atoms with Crippen molar-refractivity contribution in [3.05, 3.63) is 0 Å². The van der Waals surface area contributed by atoms with E-state index in [4.69, 9.17) is 9.29 Å². The molecule has 1 spiro atoms. The molecule has 6 unspecified atom stereocenters. The van der Waals surface area contributed by atoms with Crippen molar-refractivity contribution in [3.8, 4) is 0 Å². The fraction of sp³-hybridized carbons (Fsp3) is 0.818. The van der Waals surface area contributed by atoms with Crippen LogP contribution in [0.15, 0.2) is 0 Å². The Balaban J connectivity index is 1.58. The predicted molar refractivity (Wildman–Crippen MR) is 58.4 cm³/mol. The third-order valence-electron chi connectivity index (χ3n) is 5.33. The zero-order chi connectivity index (χ0) is 15.4. The number of esters is 2. The third-order valence-corrected chi connectivity index (χ3v) is 6.14. The summed E-state index contributed by atoms with van der Waals surface area (Å²) in [5.74, 6) is -3.04. The summed E-state index contributed by atoms with van der Waals surface area (Å²) in [6.07, 6.45) is -0.598. The SMILES string of the molecule is O=C1OC2C(OC(=O)C(F)(F)S(=O)(=O)O)C34CC3CC1C24. The van der Waals surface area contributed by atoms with Gasteiger partial charge >= 0.3 is 27.3 Å². The second-order valence-corrected chi connectivity index (χ2v) is 7.56. The molecule has 0 aromatic rings. The van der Waals surface area contributed by atoms with E-state index in [9.17, 15) is 26.8 Å². The van der Waals surface area contributed by atoms with Crippen LogP contribution in [0.5, 0.6) is 0 Å². The van der Waals surface area contributed by atoms with Crippen molar-refractivity contribution in [1.82, 2.24) is 0 Å². The molecular formula is C11H10F2O7S. The minimum atomic E-state index is -5.90. The van der Waals surface area contributed by atoms with Gasteiger partial charge in [0, 0.05) is 11.3 Å². The van der Waals surface area contributed by atoms with E-state index < -0.39 is 44.9 Å². The lowest BCUT2D eigenvalue weighted by atomic mass is 9.64. The minimum absolute atomic E-state index is 0.119. The molecule has 1 aliphatic heterocycles. The zero-order valence-corrected chi connectivity index (χ0v) is 11.2. The highest BCUT2D eigenvalue weighted by Crippen LogP contribution is 2.80. The van der Waals surface area contributed by atoms with Gasteiger partial charge in [-0.25, -0.2) is 4.79 Å². The zero-order valence-electron chi connectivity index (χ0n) is 10.4. The lowest BCUT2D eigenvalue weighted by Crippen LogP contribution is -2.59. The summed E-state index contributed by atoms with van der Waals surface area (Å²) < 4.78 is 65.5. The number of hydrogen-bond acceptors (Lipinski definition) is 6. The van der Waals surface area contributed by atoms with Gasteiger partial charge in [-0.1, -0.05) is 0 Å². The number of carbonyl (C=O) groups excluding carboxylic acids is 2. The van der Waals surface area contributed by atoms with E-state index >= 15 is 0 Å². The number of rotatable bonds is 3. The Hall–Kier alpha value is -1.29. The number of ether oxygens (including phenoxy) is 2. The van der Waals surface area contributed by atoms with Gasteiger partial charge in [-0.05, 0) is 18.8 Å². The lowest BCUT2D eigenvalue weighted by molar-refractivity contribution is -0.208. The number of halogens is 2. The monoisotopic (exact) mass is 324 g/mol. The summed E-state index contributed by atoms with van der Waals surface area (Å²) in [7, 11) is -5.90. The van der Waals surface area contributed by atoms with Crippen molar-refractivity contribution < 1.29 is 40.8 Å². The maximum Gasteiger partial charge on any atom is 0.465 e. The molecule has 1 N–H and O–H groups in total. The van der Waals surface area contributed by atoms with Gasteiger partial charge < -0.3 is 9.47 Å². The first-order chi connectivity index (χ1) is 9.60. The molecule has 0 bridgehead atoms. The molecule has 0 radical (unpaired) electrons. The van der Waals surface area contributed by atoms with E-state index in [2.05, 4.69) is 4.74 Å². The van der Waals surface area contributed by atoms with E-state index in [1.807, 2.05) is 0 Å². The molecule has 6 atom stereocenters. The third kappa shape index (κ3) is 1.33. The summed E-state index contributed by atoms with van der Waals surface area (Å²) in [4.78, 5) is 23.0. The van der Waals surface area contributed by atoms with E-state index in [0.717, 1.165) is 0 Å². The molecule has 1 saturated heterocycles. The maximum atomic E-state index is 13.2. The number of alkyl halides is 2. The highest BCUT2D eigenvalue weighted by molar-refractivity contribution is 7.87. The van der Waals surface area contributed by atoms with Gasteiger partial charge in [0.1, 0.15) is 12.2 Å². The van der Waals surface area contributed by atoms with Crippen LogP contribution < -0.4 is 0 Å². The molecule has 21 heavy (non-hydrogen) atoms. The Morgan fingerprint density at radius 3 is 2.76 bits per heavy atom.